The van der Waals surface area contributed by atoms with E-state index in [-0.39, 0.29) is 5.41 Å². The summed E-state index contributed by atoms with van der Waals surface area (Å²) in [6.45, 7) is 8.22. The van der Waals surface area contributed by atoms with Crippen LogP contribution in [-0.2, 0) is 18.4 Å². The van der Waals surface area contributed by atoms with Crippen LogP contribution < -0.4 is 4.57 Å². The molecule has 0 fully saturated rings. The molecule has 2 atom stereocenters. The molecule has 0 aliphatic rings. The molecular weight excluding hydrogens is 436 g/mol. The Morgan fingerprint density at radius 1 is 0.722 bits per heavy atom. The molecule has 2 aromatic carbocycles. The number of rotatable bonds is 18. The topological polar surface area (TPSA) is 8.81 Å². The first-order valence-corrected chi connectivity index (χ1v) is 14.8. The summed E-state index contributed by atoms with van der Waals surface area (Å²) in [6, 6.07) is 22.5. The third-order valence-electron chi connectivity index (χ3n) is 8.06. The van der Waals surface area contributed by atoms with Crippen LogP contribution in [0.5, 0.6) is 0 Å². The van der Waals surface area contributed by atoms with Crippen LogP contribution in [0.1, 0.15) is 115 Å². The minimum atomic E-state index is 0.0186. The highest BCUT2D eigenvalue weighted by atomic mass is 15.1. The van der Waals surface area contributed by atoms with Crippen LogP contribution in [0.15, 0.2) is 79.4 Å². The summed E-state index contributed by atoms with van der Waals surface area (Å²) in [7, 11) is 0. The maximum atomic E-state index is 2.48. The van der Waals surface area contributed by atoms with E-state index in [1.54, 1.807) is 0 Å². The predicted octanol–water partition coefficient (Wildman–Crippen LogP) is 9.24. The Labute approximate surface area is 221 Å². The molecular formula is C34H51N2+. The van der Waals surface area contributed by atoms with Gasteiger partial charge in [-0.1, -0.05) is 139 Å². The molecule has 0 bridgehead atoms. The fraction of sp³-hybridized carbons (Fsp3) is 0.559. The molecule has 3 rings (SSSR count). The van der Waals surface area contributed by atoms with Crippen molar-refractivity contribution < 1.29 is 4.57 Å². The van der Waals surface area contributed by atoms with Crippen LogP contribution in [-0.4, -0.2) is 4.57 Å². The maximum absolute atomic E-state index is 2.48. The second-order valence-corrected chi connectivity index (χ2v) is 11.0. The molecule has 2 unspecified atom stereocenters. The van der Waals surface area contributed by atoms with Crippen LogP contribution in [0.25, 0.3) is 0 Å². The normalized spacial score (nSPS) is 14.0. The number of nitrogens with zero attached hydrogens (tertiary/aromatic N) is 2. The van der Waals surface area contributed by atoms with Gasteiger partial charge in [0, 0.05) is 5.41 Å². The molecule has 2 nitrogen and oxygen atoms in total. The highest BCUT2D eigenvalue weighted by Crippen LogP contribution is 2.40. The van der Waals surface area contributed by atoms with Crippen LogP contribution >= 0.6 is 0 Å². The number of benzene rings is 2. The van der Waals surface area contributed by atoms with E-state index in [0.29, 0.717) is 6.04 Å². The van der Waals surface area contributed by atoms with E-state index < -0.39 is 0 Å². The highest BCUT2D eigenvalue weighted by Gasteiger charge is 2.39. The van der Waals surface area contributed by atoms with E-state index in [0.717, 1.165) is 19.4 Å². The lowest BCUT2D eigenvalue weighted by Crippen LogP contribution is -2.37. The van der Waals surface area contributed by atoms with Crippen molar-refractivity contribution in [3.8, 4) is 0 Å². The van der Waals surface area contributed by atoms with Gasteiger partial charge in [-0.3, -0.25) is 0 Å². The van der Waals surface area contributed by atoms with E-state index in [4.69, 9.17) is 0 Å². The minimum Gasteiger partial charge on any atom is -0.237 e. The van der Waals surface area contributed by atoms with Crippen LogP contribution in [0.4, 0.5) is 0 Å². The lowest BCUT2D eigenvalue weighted by molar-refractivity contribution is -0.697. The average Bonchev–Trinajstić information content (AvgIpc) is 3.37. The first-order chi connectivity index (χ1) is 17.7. The first kappa shape index (κ1) is 28.2. The maximum Gasteiger partial charge on any atom is 0.244 e. The number of hydrogen-bond donors (Lipinski definition) is 0. The Hall–Kier alpha value is -2.35. The molecule has 0 radical (unpaired) electrons. The Morgan fingerprint density at radius 2 is 1.28 bits per heavy atom. The monoisotopic (exact) mass is 487 g/mol. The molecule has 3 aromatic rings. The average molecular weight is 488 g/mol. The van der Waals surface area contributed by atoms with Gasteiger partial charge in [-0.2, -0.15) is 0 Å². The summed E-state index contributed by atoms with van der Waals surface area (Å²) in [6.07, 6.45) is 24.4. The van der Waals surface area contributed by atoms with Crippen molar-refractivity contribution >= 4 is 0 Å². The molecule has 36 heavy (non-hydrogen) atoms. The van der Waals surface area contributed by atoms with Crippen molar-refractivity contribution in [2.75, 3.05) is 0 Å². The van der Waals surface area contributed by atoms with Gasteiger partial charge in [0.1, 0.15) is 18.4 Å². The number of aryl methyl sites for hydroxylation is 1. The van der Waals surface area contributed by atoms with Crippen molar-refractivity contribution in [3.63, 3.8) is 0 Å². The summed E-state index contributed by atoms with van der Waals surface area (Å²) in [5.74, 6) is 0. The Kier molecular flexibility index (Phi) is 12.3. The molecule has 1 aromatic heterocycles. The van der Waals surface area contributed by atoms with E-state index >= 15 is 0 Å². The summed E-state index contributed by atoms with van der Waals surface area (Å²) < 4.78 is 4.89. The van der Waals surface area contributed by atoms with E-state index in [1.165, 1.54) is 81.8 Å². The molecule has 0 spiro atoms. The fourth-order valence-electron chi connectivity index (χ4n) is 5.93. The zero-order valence-corrected chi connectivity index (χ0v) is 23.4. The zero-order valence-electron chi connectivity index (χ0n) is 23.4. The van der Waals surface area contributed by atoms with E-state index in [9.17, 15) is 0 Å². The fourth-order valence-corrected chi connectivity index (χ4v) is 5.93. The zero-order chi connectivity index (χ0) is 25.5. The first-order valence-electron chi connectivity index (χ1n) is 14.8. The number of imidazole rings is 1. The molecule has 0 aliphatic carbocycles. The van der Waals surface area contributed by atoms with Gasteiger partial charge >= 0.3 is 0 Å². The molecule has 1 heterocycles. The van der Waals surface area contributed by atoms with Gasteiger partial charge in [-0.05, 0) is 36.8 Å². The molecule has 2 heteroatoms. The summed E-state index contributed by atoms with van der Waals surface area (Å²) in [5.41, 5.74) is 2.85. The molecule has 0 amide bonds. The number of unbranched alkanes of at least 4 members (excludes halogenated alkanes) is 10. The van der Waals surface area contributed by atoms with Crippen molar-refractivity contribution in [1.29, 1.82) is 0 Å². The summed E-state index contributed by atoms with van der Waals surface area (Å²) >= 11 is 0. The lowest BCUT2D eigenvalue weighted by atomic mass is 9.70. The molecule has 196 valence electrons. The number of hydrogen-bond acceptors (Lipinski definition) is 0. The standard InChI is InChI=1S/C34H51N2/c1-4-6-7-8-9-10-11-12-13-14-21-26-35-27-28-36(30-35)33(5-2)34(3,32-24-19-16-20-25-32)29-31-22-17-15-18-23-31/h15-20,22-25,27-28,30,33H,4-14,21,26,29H2,1-3H3/q+1. The summed E-state index contributed by atoms with van der Waals surface area (Å²) in [4.78, 5) is 0. The molecule has 0 saturated carbocycles. The second-order valence-electron chi connectivity index (χ2n) is 11.0. The highest BCUT2D eigenvalue weighted by molar-refractivity contribution is 5.30. The van der Waals surface area contributed by atoms with Gasteiger partial charge in [-0.15, -0.1) is 0 Å². The van der Waals surface area contributed by atoms with Gasteiger partial charge in [0.15, 0.2) is 0 Å². The second kappa shape index (κ2) is 15.7. The van der Waals surface area contributed by atoms with Gasteiger partial charge in [0.2, 0.25) is 6.33 Å². The Bertz CT molecular complexity index is 946. The lowest BCUT2D eigenvalue weighted by Gasteiger charge is -2.36. The molecule has 0 saturated heterocycles. The van der Waals surface area contributed by atoms with Crippen molar-refractivity contribution in [2.24, 2.45) is 0 Å². The Morgan fingerprint density at radius 3 is 1.86 bits per heavy atom. The third kappa shape index (κ3) is 8.64. The largest absolute Gasteiger partial charge is 0.244 e. The number of aromatic nitrogens is 2. The van der Waals surface area contributed by atoms with Crippen LogP contribution in [0.2, 0.25) is 0 Å². The van der Waals surface area contributed by atoms with Gasteiger partial charge in [0.05, 0.1) is 6.54 Å². The van der Waals surface area contributed by atoms with Gasteiger partial charge in [-0.25, -0.2) is 9.13 Å². The third-order valence-corrected chi connectivity index (χ3v) is 8.06. The van der Waals surface area contributed by atoms with Gasteiger partial charge in [0.25, 0.3) is 0 Å². The van der Waals surface area contributed by atoms with Crippen LogP contribution in [0, 0.1) is 0 Å². The minimum absolute atomic E-state index is 0.0186. The van der Waals surface area contributed by atoms with Crippen molar-refractivity contribution in [1.82, 2.24) is 4.57 Å². The predicted molar refractivity (Wildman–Crippen MR) is 154 cm³/mol. The van der Waals surface area contributed by atoms with E-state index in [1.807, 2.05) is 0 Å². The van der Waals surface area contributed by atoms with E-state index in [2.05, 4.69) is 109 Å². The molecule has 0 N–H and O–H groups in total. The quantitative estimate of drug-likeness (QED) is 0.125. The Balaban J connectivity index is 1.53. The van der Waals surface area contributed by atoms with Crippen molar-refractivity contribution in [2.45, 2.75) is 122 Å². The smallest absolute Gasteiger partial charge is 0.237 e. The SMILES string of the molecule is CCCCCCCCCCCCC[n+]1ccn(C(CC)C(C)(Cc2ccccc2)c2ccccc2)c1. The van der Waals surface area contributed by atoms with Gasteiger partial charge < -0.3 is 0 Å². The summed E-state index contributed by atoms with van der Waals surface area (Å²) in [5, 5.41) is 0. The van der Waals surface area contributed by atoms with Crippen LogP contribution in [0.3, 0.4) is 0 Å². The van der Waals surface area contributed by atoms with Crippen molar-refractivity contribution in [3.05, 3.63) is 90.5 Å². The molecule has 0 aliphatic heterocycles.